The van der Waals surface area contributed by atoms with Gasteiger partial charge >= 0.3 is 5.97 Å². The van der Waals surface area contributed by atoms with E-state index in [2.05, 4.69) is 5.32 Å². The van der Waals surface area contributed by atoms with E-state index in [9.17, 15) is 14.4 Å². The van der Waals surface area contributed by atoms with Gasteiger partial charge in [-0.15, -0.1) is 0 Å². The molecule has 1 saturated heterocycles. The summed E-state index contributed by atoms with van der Waals surface area (Å²) in [6, 6.07) is 0. The minimum Gasteiger partial charge on any atom is -0.454 e. The summed E-state index contributed by atoms with van der Waals surface area (Å²) in [5.41, 5.74) is -0.0566. The molecule has 144 valence electrons. The predicted octanol–water partition coefficient (Wildman–Crippen LogP) is 2.02. The summed E-state index contributed by atoms with van der Waals surface area (Å²) in [4.78, 5) is 37.9. The zero-order valence-electron chi connectivity index (χ0n) is 15.5. The van der Waals surface area contributed by atoms with Crippen LogP contribution in [0.2, 0.25) is 0 Å². The molecule has 5 fully saturated rings. The monoisotopic (exact) mass is 362 g/mol. The Labute approximate surface area is 155 Å². The standard InChI is InChI=1S/C20H30N2O4/c23-17(13-26-19(25)12-22-5-3-1-2-4-18(22)24)21-20-9-14-6-15(10-20)8-16(7-14)11-20/h14-16H,1-13H2,(H,21,23). The Balaban J connectivity index is 1.24. The number of amides is 2. The summed E-state index contributed by atoms with van der Waals surface area (Å²) in [5, 5.41) is 3.21. The lowest BCUT2D eigenvalue weighted by Gasteiger charge is -2.56. The van der Waals surface area contributed by atoms with Crippen molar-refractivity contribution in [2.45, 2.75) is 69.7 Å². The van der Waals surface area contributed by atoms with Crippen LogP contribution in [0.25, 0.3) is 0 Å². The summed E-state index contributed by atoms with van der Waals surface area (Å²) < 4.78 is 5.16. The van der Waals surface area contributed by atoms with Gasteiger partial charge in [0.05, 0.1) is 0 Å². The van der Waals surface area contributed by atoms with Gasteiger partial charge in [-0.05, 0) is 69.1 Å². The molecular formula is C20H30N2O4. The van der Waals surface area contributed by atoms with Crippen molar-refractivity contribution in [3.05, 3.63) is 0 Å². The summed E-state index contributed by atoms with van der Waals surface area (Å²) in [5.74, 6) is 1.62. The fourth-order valence-corrected chi connectivity index (χ4v) is 6.15. The first-order chi connectivity index (χ1) is 12.5. The topological polar surface area (TPSA) is 75.7 Å². The molecular weight excluding hydrogens is 332 g/mol. The summed E-state index contributed by atoms with van der Waals surface area (Å²) in [6.07, 6.45) is 10.6. The zero-order chi connectivity index (χ0) is 18.1. The van der Waals surface area contributed by atoms with Crippen molar-refractivity contribution in [2.24, 2.45) is 17.8 Å². The van der Waals surface area contributed by atoms with Gasteiger partial charge in [0.25, 0.3) is 5.91 Å². The van der Waals surface area contributed by atoms with E-state index in [1.165, 1.54) is 19.3 Å². The largest absolute Gasteiger partial charge is 0.454 e. The van der Waals surface area contributed by atoms with Gasteiger partial charge in [0.2, 0.25) is 5.91 Å². The van der Waals surface area contributed by atoms with Gasteiger partial charge in [-0.1, -0.05) is 6.42 Å². The van der Waals surface area contributed by atoms with E-state index < -0.39 is 5.97 Å². The Bertz CT molecular complexity index is 553. The fraction of sp³-hybridized carbons (Fsp3) is 0.850. The molecule has 5 rings (SSSR count). The van der Waals surface area contributed by atoms with Gasteiger partial charge in [-0.2, -0.15) is 0 Å². The Hall–Kier alpha value is -1.59. The highest BCUT2D eigenvalue weighted by Crippen LogP contribution is 2.55. The molecule has 2 amide bonds. The molecule has 6 nitrogen and oxygen atoms in total. The van der Waals surface area contributed by atoms with Crippen molar-refractivity contribution in [3.8, 4) is 0 Å². The van der Waals surface area contributed by atoms with Crippen LogP contribution >= 0.6 is 0 Å². The lowest BCUT2D eigenvalue weighted by molar-refractivity contribution is -0.153. The number of ether oxygens (including phenoxy) is 1. The van der Waals surface area contributed by atoms with Crippen LogP contribution in [0.5, 0.6) is 0 Å². The molecule has 0 aromatic carbocycles. The maximum absolute atomic E-state index is 12.4. The van der Waals surface area contributed by atoms with Gasteiger partial charge in [0.1, 0.15) is 6.54 Å². The maximum atomic E-state index is 12.4. The maximum Gasteiger partial charge on any atom is 0.326 e. The number of hydrogen-bond acceptors (Lipinski definition) is 4. The second kappa shape index (κ2) is 7.20. The van der Waals surface area contributed by atoms with E-state index >= 15 is 0 Å². The highest BCUT2D eigenvalue weighted by molar-refractivity contribution is 5.84. The molecule has 0 spiro atoms. The molecule has 1 heterocycles. The van der Waals surface area contributed by atoms with Crippen LogP contribution in [-0.4, -0.2) is 47.9 Å². The normalized spacial score (nSPS) is 35.9. The number of nitrogens with zero attached hydrogens (tertiary/aromatic N) is 1. The lowest BCUT2D eigenvalue weighted by atomic mass is 9.53. The Morgan fingerprint density at radius 3 is 2.35 bits per heavy atom. The summed E-state index contributed by atoms with van der Waals surface area (Å²) in [6.45, 7) is 0.333. The number of hydrogen-bond donors (Lipinski definition) is 1. The second-order valence-electron chi connectivity index (χ2n) is 9.03. The number of carbonyl (C=O) groups is 3. The molecule has 0 aromatic rings. The van der Waals surface area contributed by atoms with Gasteiger partial charge in [0.15, 0.2) is 6.61 Å². The van der Waals surface area contributed by atoms with Crippen molar-refractivity contribution in [1.82, 2.24) is 10.2 Å². The molecule has 0 aromatic heterocycles. The number of likely N-dealkylation sites (tertiary alicyclic amines) is 1. The average Bonchev–Trinajstić information content (AvgIpc) is 2.76. The molecule has 0 atom stereocenters. The molecule has 1 N–H and O–H groups in total. The van der Waals surface area contributed by atoms with Crippen LogP contribution in [0.3, 0.4) is 0 Å². The zero-order valence-corrected chi connectivity index (χ0v) is 15.5. The number of esters is 1. The van der Waals surface area contributed by atoms with Crippen molar-refractivity contribution >= 4 is 17.8 Å². The van der Waals surface area contributed by atoms with Gasteiger partial charge < -0.3 is 15.0 Å². The van der Waals surface area contributed by atoms with Gasteiger partial charge in [-0.25, -0.2) is 0 Å². The molecule has 4 aliphatic carbocycles. The molecule has 0 radical (unpaired) electrons. The fourth-order valence-electron chi connectivity index (χ4n) is 6.15. The van der Waals surface area contributed by atoms with E-state index in [0.29, 0.717) is 13.0 Å². The molecule has 6 heteroatoms. The molecule has 4 saturated carbocycles. The van der Waals surface area contributed by atoms with Crippen LogP contribution < -0.4 is 5.32 Å². The quantitative estimate of drug-likeness (QED) is 0.759. The van der Waals surface area contributed by atoms with Gasteiger partial charge in [-0.3, -0.25) is 14.4 Å². The third-order valence-electron chi connectivity index (χ3n) is 6.80. The summed E-state index contributed by atoms with van der Waals surface area (Å²) in [7, 11) is 0. The Kier molecular flexibility index (Phi) is 4.93. The average molecular weight is 362 g/mol. The lowest BCUT2D eigenvalue weighted by Crippen LogP contribution is -2.60. The smallest absolute Gasteiger partial charge is 0.326 e. The van der Waals surface area contributed by atoms with E-state index in [4.69, 9.17) is 4.74 Å². The van der Waals surface area contributed by atoms with Crippen LogP contribution in [0.1, 0.15) is 64.2 Å². The van der Waals surface area contributed by atoms with Crippen LogP contribution in [0, 0.1) is 17.8 Å². The van der Waals surface area contributed by atoms with Crippen LogP contribution in [0.15, 0.2) is 0 Å². The first kappa shape index (κ1) is 17.8. The Morgan fingerprint density at radius 1 is 1.04 bits per heavy atom. The molecule has 4 bridgehead atoms. The third kappa shape index (κ3) is 3.89. The second-order valence-corrected chi connectivity index (χ2v) is 9.03. The van der Waals surface area contributed by atoms with E-state index in [1.807, 2.05) is 0 Å². The van der Waals surface area contributed by atoms with Crippen LogP contribution in [0.4, 0.5) is 0 Å². The predicted molar refractivity (Wildman–Crippen MR) is 95.1 cm³/mol. The van der Waals surface area contributed by atoms with Gasteiger partial charge in [0, 0.05) is 18.5 Å². The first-order valence-corrected chi connectivity index (χ1v) is 10.3. The minimum absolute atomic E-state index is 0.0115. The number of nitrogens with one attached hydrogen (secondary N) is 1. The van der Waals surface area contributed by atoms with E-state index in [1.54, 1.807) is 4.90 Å². The highest BCUT2D eigenvalue weighted by Gasteiger charge is 2.51. The highest BCUT2D eigenvalue weighted by atomic mass is 16.5. The van der Waals surface area contributed by atoms with Crippen molar-refractivity contribution < 1.29 is 19.1 Å². The molecule has 1 aliphatic heterocycles. The minimum atomic E-state index is -0.485. The van der Waals surface area contributed by atoms with Crippen molar-refractivity contribution in [3.63, 3.8) is 0 Å². The van der Waals surface area contributed by atoms with Crippen molar-refractivity contribution in [2.75, 3.05) is 19.7 Å². The van der Waals surface area contributed by atoms with E-state index in [-0.39, 0.29) is 30.5 Å². The SMILES string of the molecule is O=C(COC(=O)CN1CCCCCC1=O)NC12CC3CC(CC(C3)C1)C2. The number of rotatable bonds is 5. The third-order valence-corrected chi connectivity index (χ3v) is 6.80. The van der Waals surface area contributed by atoms with E-state index in [0.717, 1.165) is 56.3 Å². The molecule has 26 heavy (non-hydrogen) atoms. The first-order valence-electron chi connectivity index (χ1n) is 10.3. The Morgan fingerprint density at radius 2 is 1.69 bits per heavy atom. The van der Waals surface area contributed by atoms with Crippen molar-refractivity contribution in [1.29, 1.82) is 0 Å². The molecule has 5 aliphatic rings. The van der Waals surface area contributed by atoms with Crippen LogP contribution in [-0.2, 0) is 19.1 Å². The molecule has 0 unspecified atom stereocenters. The summed E-state index contributed by atoms with van der Waals surface area (Å²) >= 11 is 0. The number of carbonyl (C=O) groups excluding carboxylic acids is 3.